The zero-order valence-electron chi connectivity index (χ0n) is 11.4. The number of amides is 1. The lowest BCUT2D eigenvalue weighted by atomic mass is 10.3. The fourth-order valence-electron chi connectivity index (χ4n) is 1.72. The summed E-state index contributed by atoms with van der Waals surface area (Å²) in [5, 5.41) is 4.92. The maximum Gasteiger partial charge on any atom is 0.223 e. The number of rotatable bonds is 6. The molecule has 0 radical (unpaired) electrons. The molecule has 0 unspecified atom stereocenters. The summed E-state index contributed by atoms with van der Waals surface area (Å²) in [6, 6.07) is 9.23. The van der Waals surface area contributed by atoms with Crippen LogP contribution in [-0.2, 0) is 11.3 Å². The number of benzene rings is 1. The molecule has 3 N–H and O–H groups in total. The van der Waals surface area contributed by atoms with Gasteiger partial charge in [-0.05, 0) is 36.1 Å². The SMILES string of the molecule is Cc1ccsc1CNC(=O)CCOc1cccc(N)c1. The van der Waals surface area contributed by atoms with Gasteiger partial charge in [-0.1, -0.05) is 6.07 Å². The Balaban J connectivity index is 1.69. The number of nitrogens with two attached hydrogens (primary N) is 1. The average molecular weight is 290 g/mol. The van der Waals surface area contributed by atoms with Crippen molar-refractivity contribution in [3.05, 3.63) is 46.2 Å². The van der Waals surface area contributed by atoms with Gasteiger partial charge in [-0.25, -0.2) is 0 Å². The van der Waals surface area contributed by atoms with Crippen LogP contribution in [0.5, 0.6) is 5.75 Å². The Morgan fingerprint density at radius 3 is 2.95 bits per heavy atom. The zero-order valence-corrected chi connectivity index (χ0v) is 12.2. The first-order valence-electron chi connectivity index (χ1n) is 6.43. The third kappa shape index (κ3) is 4.28. The highest BCUT2D eigenvalue weighted by molar-refractivity contribution is 7.10. The predicted octanol–water partition coefficient (Wildman–Crippen LogP) is 2.72. The van der Waals surface area contributed by atoms with Gasteiger partial charge in [0, 0.05) is 16.6 Å². The van der Waals surface area contributed by atoms with Crippen LogP contribution in [0.2, 0.25) is 0 Å². The molecule has 1 heterocycles. The molecule has 0 aliphatic heterocycles. The summed E-state index contributed by atoms with van der Waals surface area (Å²) in [7, 11) is 0. The molecule has 1 aromatic heterocycles. The summed E-state index contributed by atoms with van der Waals surface area (Å²) >= 11 is 1.65. The second-order valence-electron chi connectivity index (χ2n) is 4.47. The second-order valence-corrected chi connectivity index (χ2v) is 5.48. The van der Waals surface area contributed by atoms with E-state index < -0.39 is 0 Å². The molecule has 0 bridgehead atoms. The van der Waals surface area contributed by atoms with Crippen molar-refractivity contribution >= 4 is 22.9 Å². The fraction of sp³-hybridized carbons (Fsp3) is 0.267. The van der Waals surface area contributed by atoms with E-state index in [9.17, 15) is 4.79 Å². The Labute approximate surface area is 122 Å². The number of hydrogen-bond donors (Lipinski definition) is 2. The van der Waals surface area contributed by atoms with E-state index in [0.717, 1.165) is 0 Å². The number of thiophene rings is 1. The van der Waals surface area contributed by atoms with E-state index in [1.165, 1.54) is 10.4 Å². The van der Waals surface area contributed by atoms with Gasteiger partial charge in [0.15, 0.2) is 0 Å². The lowest BCUT2D eigenvalue weighted by Gasteiger charge is -2.07. The molecular formula is C15H18N2O2S. The number of ether oxygens (including phenoxy) is 1. The zero-order chi connectivity index (χ0) is 14.4. The Bertz CT molecular complexity index is 581. The van der Waals surface area contributed by atoms with E-state index in [4.69, 9.17) is 10.5 Å². The monoisotopic (exact) mass is 290 g/mol. The summed E-state index contributed by atoms with van der Waals surface area (Å²) in [6.07, 6.45) is 0.333. The van der Waals surface area contributed by atoms with Gasteiger partial charge < -0.3 is 15.8 Å². The van der Waals surface area contributed by atoms with E-state index in [0.29, 0.717) is 31.0 Å². The molecule has 20 heavy (non-hydrogen) atoms. The molecule has 4 nitrogen and oxygen atoms in total. The van der Waals surface area contributed by atoms with Gasteiger partial charge in [-0.3, -0.25) is 4.79 Å². The normalized spacial score (nSPS) is 10.2. The fourth-order valence-corrected chi connectivity index (χ4v) is 2.56. The van der Waals surface area contributed by atoms with Crippen molar-refractivity contribution in [3.63, 3.8) is 0 Å². The number of hydrogen-bond acceptors (Lipinski definition) is 4. The van der Waals surface area contributed by atoms with Crippen molar-refractivity contribution in [1.29, 1.82) is 0 Å². The molecule has 2 aromatic rings. The number of aryl methyl sites for hydroxylation is 1. The Kier molecular flexibility index (Phi) is 5.01. The van der Waals surface area contributed by atoms with Crippen molar-refractivity contribution in [2.24, 2.45) is 0 Å². The van der Waals surface area contributed by atoms with Crippen molar-refractivity contribution in [3.8, 4) is 5.75 Å². The minimum absolute atomic E-state index is 0.0123. The molecule has 0 aliphatic carbocycles. The van der Waals surface area contributed by atoms with E-state index in [1.54, 1.807) is 23.5 Å². The van der Waals surface area contributed by atoms with Crippen molar-refractivity contribution in [2.75, 3.05) is 12.3 Å². The molecule has 106 valence electrons. The van der Waals surface area contributed by atoms with Gasteiger partial charge in [-0.2, -0.15) is 0 Å². The summed E-state index contributed by atoms with van der Waals surface area (Å²) < 4.78 is 5.48. The summed E-state index contributed by atoms with van der Waals surface area (Å²) in [6.45, 7) is 2.97. The number of carbonyl (C=O) groups is 1. The van der Waals surface area contributed by atoms with Gasteiger partial charge >= 0.3 is 0 Å². The third-order valence-electron chi connectivity index (χ3n) is 2.87. The molecule has 0 saturated heterocycles. The minimum atomic E-state index is -0.0123. The van der Waals surface area contributed by atoms with E-state index >= 15 is 0 Å². The first-order chi connectivity index (χ1) is 9.65. The quantitative estimate of drug-likeness (QED) is 0.804. The first-order valence-corrected chi connectivity index (χ1v) is 7.31. The molecule has 1 amide bonds. The highest BCUT2D eigenvalue weighted by atomic mass is 32.1. The lowest BCUT2D eigenvalue weighted by molar-refractivity contribution is -0.121. The van der Waals surface area contributed by atoms with Crippen molar-refractivity contribution in [1.82, 2.24) is 5.32 Å². The van der Waals surface area contributed by atoms with E-state index in [2.05, 4.69) is 11.4 Å². The Morgan fingerprint density at radius 1 is 1.40 bits per heavy atom. The van der Waals surface area contributed by atoms with Crippen molar-refractivity contribution in [2.45, 2.75) is 19.9 Å². The maximum absolute atomic E-state index is 11.7. The standard InChI is InChI=1S/C15H18N2O2S/c1-11-6-8-20-14(11)10-17-15(18)5-7-19-13-4-2-3-12(16)9-13/h2-4,6,8-9H,5,7,10,16H2,1H3,(H,17,18). The van der Waals surface area contributed by atoms with Gasteiger partial charge in [-0.15, -0.1) is 11.3 Å². The highest BCUT2D eigenvalue weighted by Gasteiger charge is 2.04. The molecule has 0 spiro atoms. The van der Waals surface area contributed by atoms with E-state index in [-0.39, 0.29) is 5.91 Å². The number of nitrogens with one attached hydrogen (secondary N) is 1. The van der Waals surface area contributed by atoms with Gasteiger partial charge in [0.05, 0.1) is 19.6 Å². The van der Waals surface area contributed by atoms with Crippen LogP contribution in [-0.4, -0.2) is 12.5 Å². The molecule has 1 aromatic carbocycles. The van der Waals surface area contributed by atoms with Gasteiger partial charge in [0.2, 0.25) is 5.91 Å². The number of nitrogen functional groups attached to an aromatic ring is 1. The van der Waals surface area contributed by atoms with E-state index in [1.807, 2.05) is 24.4 Å². The van der Waals surface area contributed by atoms with Crippen LogP contribution in [0, 0.1) is 6.92 Å². The van der Waals surface area contributed by atoms with Crippen LogP contribution in [0.15, 0.2) is 35.7 Å². The third-order valence-corrected chi connectivity index (χ3v) is 3.89. The maximum atomic E-state index is 11.7. The molecule has 2 rings (SSSR count). The molecular weight excluding hydrogens is 272 g/mol. The largest absolute Gasteiger partial charge is 0.493 e. The molecule has 0 fully saturated rings. The summed E-state index contributed by atoms with van der Waals surface area (Å²) in [5.74, 6) is 0.675. The number of carbonyl (C=O) groups excluding carboxylic acids is 1. The predicted molar refractivity (Wildman–Crippen MR) is 81.9 cm³/mol. The van der Waals surface area contributed by atoms with Crippen molar-refractivity contribution < 1.29 is 9.53 Å². The summed E-state index contributed by atoms with van der Waals surface area (Å²) in [5.41, 5.74) is 7.52. The highest BCUT2D eigenvalue weighted by Crippen LogP contribution is 2.15. The van der Waals surface area contributed by atoms with Crippen LogP contribution in [0.25, 0.3) is 0 Å². The average Bonchev–Trinajstić information content (AvgIpc) is 2.82. The topological polar surface area (TPSA) is 64.3 Å². The first kappa shape index (κ1) is 14.4. The van der Waals surface area contributed by atoms with Crippen LogP contribution in [0.3, 0.4) is 0 Å². The van der Waals surface area contributed by atoms with Crippen LogP contribution < -0.4 is 15.8 Å². The van der Waals surface area contributed by atoms with Gasteiger partial charge in [0.1, 0.15) is 5.75 Å². The number of anilines is 1. The minimum Gasteiger partial charge on any atom is -0.493 e. The Morgan fingerprint density at radius 2 is 2.25 bits per heavy atom. The van der Waals surface area contributed by atoms with Crippen LogP contribution >= 0.6 is 11.3 Å². The van der Waals surface area contributed by atoms with Gasteiger partial charge in [0.25, 0.3) is 0 Å². The molecule has 0 aliphatic rings. The Hall–Kier alpha value is -2.01. The molecule has 5 heteroatoms. The summed E-state index contributed by atoms with van der Waals surface area (Å²) in [4.78, 5) is 12.9. The lowest BCUT2D eigenvalue weighted by Crippen LogP contribution is -2.24. The van der Waals surface area contributed by atoms with Crippen LogP contribution in [0.1, 0.15) is 16.9 Å². The molecule has 0 saturated carbocycles. The second kappa shape index (κ2) is 6.96. The molecule has 0 atom stereocenters. The smallest absolute Gasteiger partial charge is 0.223 e. The van der Waals surface area contributed by atoms with Crippen LogP contribution in [0.4, 0.5) is 5.69 Å².